The highest BCUT2D eigenvalue weighted by Crippen LogP contribution is 2.38. The zero-order valence-corrected chi connectivity index (χ0v) is 25.1. The lowest BCUT2D eigenvalue weighted by atomic mass is 9.94. The number of aliphatic imine (C=N–C) groups is 1. The standard InChI is InChI=1S/C34H39N5O4/c1-20-7-8-32(21(2)13-20)43-19-26(40)17-36-28-5-4-6-31(41)33(28)30-15-23-14-27-24(16-29(23)37-30)18-39(34(27)42)25-9-11-38(12-10-25)22(3)35/h4-5,7-8,13-14,16,25-26,35,37,40H,6,9-12,15,17-19H2,1-3H3/t26-/m1/s1. The summed E-state index contributed by atoms with van der Waals surface area (Å²) in [5, 5.41) is 21.9. The summed E-state index contributed by atoms with van der Waals surface area (Å²) >= 11 is 0. The van der Waals surface area contributed by atoms with Gasteiger partial charge in [0, 0.05) is 55.5 Å². The van der Waals surface area contributed by atoms with Gasteiger partial charge in [0.2, 0.25) is 0 Å². The Balaban J connectivity index is 1.14. The molecule has 0 aromatic heterocycles. The van der Waals surface area contributed by atoms with Crippen LogP contribution in [0.2, 0.25) is 0 Å². The molecule has 1 atom stereocenters. The Labute approximate surface area is 252 Å². The summed E-state index contributed by atoms with van der Waals surface area (Å²) in [6, 6.07) is 10.1. The summed E-state index contributed by atoms with van der Waals surface area (Å²) in [7, 11) is 0. The Bertz CT molecular complexity index is 1580. The third-order valence-electron chi connectivity index (χ3n) is 8.84. The fourth-order valence-corrected chi connectivity index (χ4v) is 6.51. The Morgan fingerprint density at radius 2 is 1.95 bits per heavy atom. The number of carbonyl (C=O) groups excluding carboxylic acids is 2. The number of benzene rings is 2. The van der Waals surface area contributed by atoms with Crippen LogP contribution < -0.4 is 10.1 Å². The lowest BCUT2D eigenvalue weighted by Gasteiger charge is -2.37. The molecule has 0 unspecified atom stereocenters. The number of hydrogen-bond donors (Lipinski definition) is 3. The number of aryl methyl sites for hydroxylation is 2. The fourth-order valence-electron chi connectivity index (χ4n) is 6.51. The number of nitrogens with one attached hydrogen (secondary N) is 2. The van der Waals surface area contributed by atoms with Crippen LogP contribution in [0.1, 0.15) is 58.8 Å². The number of fused-ring (bicyclic) bond motifs is 2. The number of rotatable bonds is 6. The Morgan fingerprint density at radius 3 is 2.70 bits per heavy atom. The van der Waals surface area contributed by atoms with Gasteiger partial charge in [-0.15, -0.1) is 0 Å². The lowest BCUT2D eigenvalue weighted by Crippen LogP contribution is -2.46. The number of anilines is 1. The fraction of sp³-hybridized carbons (Fsp3) is 0.412. The molecular formula is C34H39N5O4. The Morgan fingerprint density at radius 1 is 1.16 bits per heavy atom. The summed E-state index contributed by atoms with van der Waals surface area (Å²) in [5.74, 6) is 1.37. The molecule has 1 saturated heterocycles. The molecule has 0 saturated carbocycles. The average Bonchev–Trinajstić information content (AvgIpc) is 3.54. The van der Waals surface area contributed by atoms with Gasteiger partial charge in [-0.25, -0.2) is 0 Å². The van der Waals surface area contributed by atoms with Gasteiger partial charge in [-0.1, -0.05) is 23.8 Å². The van der Waals surface area contributed by atoms with Crippen molar-refractivity contribution in [2.24, 2.45) is 4.99 Å². The highest BCUT2D eigenvalue weighted by atomic mass is 16.5. The monoisotopic (exact) mass is 581 g/mol. The van der Waals surface area contributed by atoms with Crippen molar-refractivity contribution in [1.29, 1.82) is 5.41 Å². The Hall–Kier alpha value is -4.24. The molecule has 9 heteroatoms. The minimum atomic E-state index is -0.822. The van der Waals surface area contributed by atoms with Crippen LogP contribution in [-0.2, 0) is 17.8 Å². The molecule has 4 aliphatic rings. The molecule has 3 N–H and O–H groups in total. The summed E-state index contributed by atoms with van der Waals surface area (Å²) in [6.07, 6.45) is 5.38. The van der Waals surface area contributed by atoms with Crippen molar-refractivity contribution in [2.75, 3.05) is 31.6 Å². The van der Waals surface area contributed by atoms with Gasteiger partial charge in [0.25, 0.3) is 5.91 Å². The zero-order chi connectivity index (χ0) is 30.2. The smallest absolute Gasteiger partial charge is 0.254 e. The van der Waals surface area contributed by atoms with Crippen LogP contribution >= 0.6 is 0 Å². The molecule has 1 fully saturated rings. The second kappa shape index (κ2) is 11.8. The number of carbonyl (C=O) groups is 2. The topological polar surface area (TPSA) is 118 Å². The molecular weight excluding hydrogens is 542 g/mol. The van der Waals surface area contributed by atoms with Gasteiger partial charge in [0.05, 0.1) is 23.7 Å². The van der Waals surface area contributed by atoms with Gasteiger partial charge < -0.3 is 25.0 Å². The minimum absolute atomic E-state index is 0.0149. The van der Waals surface area contributed by atoms with E-state index in [2.05, 4.69) is 21.3 Å². The lowest BCUT2D eigenvalue weighted by molar-refractivity contribution is -0.114. The van der Waals surface area contributed by atoms with E-state index in [4.69, 9.17) is 10.1 Å². The van der Waals surface area contributed by atoms with E-state index in [1.54, 1.807) is 0 Å². The first-order chi connectivity index (χ1) is 20.7. The molecule has 2 aromatic carbocycles. The number of likely N-dealkylation sites (tertiary alicyclic amines) is 1. The SMILES string of the molecule is CC(=N)N1CCC(N2Cc3cc4c(cc3C2=O)CC(=C2C(=O)CC=CC2=NC[C@@H](O)COc2ccc(C)cc2C)N4)CC1. The molecule has 6 rings (SSSR count). The molecule has 224 valence electrons. The molecule has 3 heterocycles. The van der Waals surface area contributed by atoms with Crippen molar-refractivity contribution < 1.29 is 19.4 Å². The molecule has 0 spiro atoms. The highest BCUT2D eigenvalue weighted by molar-refractivity contribution is 6.29. The largest absolute Gasteiger partial charge is 0.491 e. The number of hydrogen-bond acceptors (Lipinski definition) is 7. The van der Waals surface area contributed by atoms with E-state index in [0.717, 1.165) is 70.9 Å². The number of aliphatic hydroxyl groups is 1. The maximum atomic E-state index is 13.4. The number of amides is 1. The quantitative estimate of drug-likeness (QED) is 0.265. The maximum absolute atomic E-state index is 13.4. The van der Waals surface area contributed by atoms with Crippen LogP contribution in [0.3, 0.4) is 0 Å². The van der Waals surface area contributed by atoms with Crippen molar-refractivity contribution in [1.82, 2.24) is 9.80 Å². The number of amidine groups is 1. The summed E-state index contributed by atoms with van der Waals surface area (Å²) in [6.45, 7) is 8.22. The van der Waals surface area contributed by atoms with Crippen LogP contribution in [-0.4, -0.2) is 76.5 Å². The zero-order valence-electron chi connectivity index (χ0n) is 25.1. The number of ketones is 1. The van der Waals surface area contributed by atoms with Crippen molar-refractivity contribution in [3.63, 3.8) is 0 Å². The summed E-state index contributed by atoms with van der Waals surface area (Å²) in [4.78, 5) is 35.2. The second-order valence-corrected chi connectivity index (χ2v) is 12.0. The summed E-state index contributed by atoms with van der Waals surface area (Å²) in [5.41, 5.74) is 7.71. The van der Waals surface area contributed by atoms with Crippen molar-refractivity contribution in [3.8, 4) is 5.75 Å². The predicted octanol–water partition coefficient (Wildman–Crippen LogP) is 4.35. The number of ether oxygens (including phenoxy) is 1. The van der Waals surface area contributed by atoms with E-state index in [9.17, 15) is 14.7 Å². The van der Waals surface area contributed by atoms with E-state index in [1.165, 1.54) is 0 Å². The van der Waals surface area contributed by atoms with Crippen LogP contribution in [0.15, 0.2) is 58.7 Å². The first-order valence-corrected chi connectivity index (χ1v) is 15.1. The van der Waals surface area contributed by atoms with Gasteiger partial charge in [-0.2, -0.15) is 0 Å². The Kier molecular flexibility index (Phi) is 7.92. The first kappa shape index (κ1) is 28.9. The van der Waals surface area contributed by atoms with Gasteiger partial charge in [0.15, 0.2) is 5.78 Å². The number of nitrogens with zero attached hydrogens (tertiary/aromatic N) is 3. The van der Waals surface area contributed by atoms with E-state index >= 15 is 0 Å². The van der Waals surface area contributed by atoms with E-state index in [-0.39, 0.29) is 30.9 Å². The van der Waals surface area contributed by atoms with Crippen LogP contribution in [0.25, 0.3) is 0 Å². The average molecular weight is 582 g/mol. The molecule has 43 heavy (non-hydrogen) atoms. The molecule has 0 radical (unpaired) electrons. The molecule has 2 aromatic rings. The normalized spacial score (nSPS) is 21.7. The van der Waals surface area contributed by atoms with Crippen molar-refractivity contribution in [3.05, 3.63) is 81.6 Å². The van der Waals surface area contributed by atoms with Crippen molar-refractivity contribution >= 4 is 28.9 Å². The number of allylic oxidation sites excluding steroid dienone is 4. The maximum Gasteiger partial charge on any atom is 0.254 e. The predicted molar refractivity (Wildman–Crippen MR) is 167 cm³/mol. The van der Waals surface area contributed by atoms with E-state index < -0.39 is 6.10 Å². The molecule has 0 bridgehead atoms. The minimum Gasteiger partial charge on any atom is -0.491 e. The molecule has 1 amide bonds. The summed E-state index contributed by atoms with van der Waals surface area (Å²) < 4.78 is 5.82. The molecule has 1 aliphatic carbocycles. The number of aliphatic hydroxyl groups excluding tert-OH is 1. The van der Waals surface area contributed by atoms with Crippen LogP contribution in [0, 0.1) is 19.3 Å². The second-order valence-electron chi connectivity index (χ2n) is 12.0. The number of piperidine rings is 1. The van der Waals surface area contributed by atoms with Gasteiger partial charge in [-0.3, -0.25) is 20.0 Å². The van der Waals surface area contributed by atoms with E-state index in [1.807, 2.05) is 62.1 Å². The van der Waals surface area contributed by atoms with E-state index in [0.29, 0.717) is 36.5 Å². The third-order valence-corrected chi connectivity index (χ3v) is 8.84. The first-order valence-electron chi connectivity index (χ1n) is 15.1. The van der Waals surface area contributed by atoms with Crippen molar-refractivity contribution in [2.45, 2.75) is 65.1 Å². The number of Topliss-reactive ketones (excluding diaryl/α,β-unsaturated/α-hetero) is 1. The molecule has 3 aliphatic heterocycles. The van der Waals surface area contributed by atoms with Crippen LogP contribution in [0.4, 0.5) is 5.69 Å². The molecule has 9 nitrogen and oxygen atoms in total. The van der Waals surface area contributed by atoms with Gasteiger partial charge in [0.1, 0.15) is 18.5 Å². The van der Waals surface area contributed by atoms with Gasteiger partial charge >= 0.3 is 0 Å². The third kappa shape index (κ3) is 5.86. The highest BCUT2D eigenvalue weighted by Gasteiger charge is 2.36. The van der Waals surface area contributed by atoms with Crippen LogP contribution in [0.5, 0.6) is 5.75 Å². The van der Waals surface area contributed by atoms with Gasteiger partial charge in [-0.05, 0) is 74.6 Å².